The molecule has 3 atom stereocenters. The number of hydrogen-bond acceptors (Lipinski definition) is 5. The molecule has 2 heterocycles. The van der Waals surface area contributed by atoms with Crippen LogP contribution in [0, 0.1) is 5.92 Å². The van der Waals surface area contributed by atoms with Gasteiger partial charge in [0.25, 0.3) is 0 Å². The Labute approximate surface area is 171 Å². The molecule has 5 rings (SSSR count). The fourth-order valence-electron chi connectivity index (χ4n) is 3.59. The fraction of sp³-hybridized carbons (Fsp3) is 0.200. The molecule has 0 amide bonds. The number of ether oxygens (including phenoxy) is 2. The Morgan fingerprint density at radius 2 is 1.96 bits per heavy atom. The van der Waals surface area contributed by atoms with Gasteiger partial charge < -0.3 is 19.0 Å². The highest BCUT2D eigenvalue weighted by Gasteiger charge is 2.51. The lowest BCUT2D eigenvalue weighted by atomic mass is 9.78. The normalized spacial score (nSPS) is 22.4. The average molecular weight is 464 g/mol. The first-order valence-electron chi connectivity index (χ1n) is 8.55. The van der Waals surface area contributed by atoms with Gasteiger partial charge in [-0.15, -0.1) is 0 Å². The fourth-order valence-corrected chi connectivity index (χ4v) is 4.32. The van der Waals surface area contributed by atoms with E-state index < -0.39 is 18.0 Å². The second-order valence-electron chi connectivity index (χ2n) is 6.79. The second-order valence-corrected chi connectivity index (χ2v) is 8.05. The van der Waals surface area contributed by atoms with Crippen LogP contribution in [0.3, 0.4) is 0 Å². The standard InChI is InChI=1S/C20H12BrClO6/c21-11-6-16-15(26-17-5-10(20(24)25)19(17)28-16)4-9(11)14-7-13(23)8-2-1-3-12(22)18(8)27-14/h1-4,6-7,10,17,19H,5H2,(H,24,25)/t10?,17-,19?/m0/s1. The number of halogens is 2. The number of carboxylic acids is 1. The molecule has 1 aromatic heterocycles. The molecule has 2 aliphatic rings. The van der Waals surface area contributed by atoms with Crippen LogP contribution in [0.4, 0.5) is 0 Å². The number of para-hydroxylation sites is 1. The summed E-state index contributed by atoms with van der Waals surface area (Å²) in [6.45, 7) is 0. The minimum atomic E-state index is -0.890. The SMILES string of the molecule is O=C(O)C1C[C@@H]2Oc3cc(-c4cc(=O)c5cccc(Cl)c5o4)c(Br)cc3OC12. The summed E-state index contributed by atoms with van der Waals surface area (Å²) >= 11 is 9.66. The van der Waals surface area contributed by atoms with Crippen LogP contribution >= 0.6 is 27.5 Å². The highest BCUT2D eigenvalue weighted by Crippen LogP contribution is 2.47. The van der Waals surface area contributed by atoms with E-state index >= 15 is 0 Å². The molecule has 0 bridgehead atoms. The summed E-state index contributed by atoms with van der Waals surface area (Å²) in [5, 5.41) is 9.96. The number of rotatable bonds is 2. The number of carboxylic acid groups (broad SMARTS) is 1. The van der Waals surface area contributed by atoms with Crippen LogP contribution in [0.2, 0.25) is 5.02 Å². The lowest BCUT2D eigenvalue weighted by Crippen LogP contribution is -2.58. The summed E-state index contributed by atoms with van der Waals surface area (Å²) in [6, 6.07) is 9.82. The molecular formula is C20H12BrClO6. The zero-order valence-electron chi connectivity index (χ0n) is 14.1. The molecule has 1 aliphatic heterocycles. The van der Waals surface area contributed by atoms with Crippen LogP contribution in [-0.4, -0.2) is 23.3 Å². The Kier molecular flexibility index (Phi) is 3.93. The molecule has 0 saturated heterocycles. The van der Waals surface area contributed by atoms with Crippen LogP contribution in [0.15, 0.2) is 50.1 Å². The van der Waals surface area contributed by atoms with E-state index in [1.165, 1.54) is 6.07 Å². The molecular weight excluding hydrogens is 452 g/mol. The summed E-state index contributed by atoms with van der Waals surface area (Å²) in [6.07, 6.45) is -0.410. The predicted octanol–water partition coefficient (Wildman–Crippen LogP) is 4.49. The first kappa shape index (κ1) is 17.6. The van der Waals surface area contributed by atoms with E-state index in [-0.39, 0.29) is 11.5 Å². The maximum absolute atomic E-state index is 12.5. The van der Waals surface area contributed by atoms with Gasteiger partial charge in [0, 0.05) is 22.5 Å². The molecule has 1 N–H and O–H groups in total. The van der Waals surface area contributed by atoms with E-state index in [9.17, 15) is 14.7 Å². The van der Waals surface area contributed by atoms with Crippen molar-refractivity contribution >= 4 is 44.5 Å². The van der Waals surface area contributed by atoms with Crippen LogP contribution in [0.25, 0.3) is 22.3 Å². The van der Waals surface area contributed by atoms with Crippen molar-refractivity contribution in [2.45, 2.75) is 18.6 Å². The Morgan fingerprint density at radius 3 is 2.75 bits per heavy atom. The van der Waals surface area contributed by atoms with Gasteiger partial charge >= 0.3 is 5.97 Å². The molecule has 2 unspecified atom stereocenters. The van der Waals surface area contributed by atoms with E-state index in [0.29, 0.717) is 49.7 Å². The van der Waals surface area contributed by atoms with E-state index in [1.54, 1.807) is 30.3 Å². The van der Waals surface area contributed by atoms with Gasteiger partial charge in [0.1, 0.15) is 23.9 Å². The van der Waals surface area contributed by atoms with Crippen LogP contribution in [0.5, 0.6) is 11.5 Å². The molecule has 3 aromatic rings. The molecule has 1 aliphatic carbocycles. The number of benzene rings is 2. The summed E-state index contributed by atoms with van der Waals surface area (Å²) < 4.78 is 18.3. The smallest absolute Gasteiger partial charge is 0.310 e. The van der Waals surface area contributed by atoms with Crippen molar-refractivity contribution in [3.05, 3.63) is 56.1 Å². The lowest BCUT2D eigenvalue weighted by Gasteiger charge is -2.45. The van der Waals surface area contributed by atoms with E-state index in [0.717, 1.165) is 0 Å². The molecule has 1 saturated carbocycles. The molecule has 2 aromatic carbocycles. The van der Waals surface area contributed by atoms with Gasteiger partial charge in [-0.05, 0) is 40.2 Å². The van der Waals surface area contributed by atoms with E-state index in [2.05, 4.69) is 15.9 Å². The van der Waals surface area contributed by atoms with Crippen molar-refractivity contribution in [1.82, 2.24) is 0 Å². The molecule has 0 radical (unpaired) electrons. The number of aliphatic carboxylic acids is 1. The third kappa shape index (κ3) is 2.61. The van der Waals surface area contributed by atoms with Crippen molar-refractivity contribution in [3.63, 3.8) is 0 Å². The minimum Gasteiger partial charge on any atom is -0.483 e. The van der Waals surface area contributed by atoms with Gasteiger partial charge in [-0.2, -0.15) is 0 Å². The topological polar surface area (TPSA) is 86.0 Å². The first-order chi connectivity index (χ1) is 13.4. The molecule has 6 nitrogen and oxygen atoms in total. The van der Waals surface area contributed by atoms with Crippen molar-refractivity contribution < 1.29 is 23.8 Å². The zero-order valence-corrected chi connectivity index (χ0v) is 16.5. The summed E-state index contributed by atoms with van der Waals surface area (Å²) in [7, 11) is 0. The number of hydrogen-bond donors (Lipinski definition) is 1. The Bertz CT molecular complexity index is 1200. The van der Waals surface area contributed by atoms with Crippen molar-refractivity contribution in [2.75, 3.05) is 0 Å². The Balaban J connectivity index is 1.59. The van der Waals surface area contributed by atoms with Gasteiger partial charge in [-0.25, -0.2) is 0 Å². The zero-order chi connectivity index (χ0) is 19.6. The highest BCUT2D eigenvalue weighted by molar-refractivity contribution is 9.10. The second kappa shape index (κ2) is 6.25. The van der Waals surface area contributed by atoms with E-state index in [4.69, 9.17) is 25.5 Å². The lowest BCUT2D eigenvalue weighted by molar-refractivity contribution is -0.163. The van der Waals surface area contributed by atoms with Crippen molar-refractivity contribution in [2.24, 2.45) is 5.92 Å². The van der Waals surface area contributed by atoms with Gasteiger partial charge in [0.15, 0.2) is 22.5 Å². The quantitative estimate of drug-likeness (QED) is 0.603. The van der Waals surface area contributed by atoms with Crippen molar-refractivity contribution in [1.29, 1.82) is 0 Å². The molecule has 0 spiro atoms. The largest absolute Gasteiger partial charge is 0.483 e. The molecule has 8 heteroatoms. The summed E-state index contributed by atoms with van der Waals surface area (Å²) in [4.78, 5) is 23.7. The maximum Gasteiger partial charge on any atom is 0.310 e. The number of carbonyl (C=O) groups is 1. The molecule has 28 heavy (non-hydrogen) atoms. The van der Waals surface area contributed by atoms with Gasteiger partial charge in [-0.3, -0.25) is 9.59 Å². The van der Waals surface area contributed by atoms with Crippen molar-refractivity contribution in [3.8, 4) is 22.8 Å². The monoisotopic (exact) mass is 462 g/mol. The maximum atomic E-state index is 12.5. The molecule has 1 fully saturated rings. The summed E-state index contributed by atoms with van der Waals surface area (Å²) in [5.74, 6) is -0.201. The highest BCUT2D eigenvalue weighted by atomic mass is 79.9. The predicted molar refractivity (Wildman–Crippen MR) is 105 cm³/mol. The molecule has 142 valence electrons. The van der Waals surface area contributed by atoms with E-state index in [1.807, 2.05) is 0 Å². The van der Waals surface area contributed by atoms with Crippen LogP contribution < -0.4 is 14.9 Å². The van der Waals surface area contributed by atoms with Crippen LogP contribution in [-0.2, 0) is 4.79 Å². The van der Waals surface area contributed by atoms with Gasteiger partial charge in [0.2, 0.25) is 0 Å². The first-order valence-corrected chi connectivity index (χ1v) is 9.72. The Morgan fingerprint density at radius 1 is 1.18 bits per heavy atom. The van der Waals surface area contributed by atoms with Crippen LogP contribution in [0.1, 0.15) is 6.42 Å². The minimum absolute atomic E-state index is 0.205. The average Bonchev–Trinajstić information content (AvgIpc) is 2.63. The Hall–Kier alpha value is -2.51. The third-order valence-corrected chi connectivity index (χ3v) is 6.07. The third-order valence-electron chi connectivity index (χ3n) is 5.11. The van der Waals surface area contributed by atoms with Gasteiger partial charge in [-0.1, -0.05) is 17.7 Å². The summed E-state index contributed by atoms with van der Waals surface area (Å²) in [5.41, 5.74) is 0.717. The van der Waals surface area contributed by atoms with Gasteiger partial charge in [0.05, 0.1) is 10.4 Å². The number of fused-ring (bicyclic) bond motifs is 3.